The van der Waals surface area contributed by atoms with E-state index in [0.717, 1.165) is 25.0 Å². The van der Waals surface area contributed by atoms with Gasteiger partial charge in [0.2, 0.25) is 9.76 Å². The zero-order chi connectivity index (χ0) is 7.82. The molecule has 0 bridgehead atoms. The maximum atomic E-state index is 5.49. The van der Waals surface area contributed by atoms with Crippen molar-refractivity contribution in [1.82, 2.24) is 0 Å². The fourth-order valence-corrected chi connectivity index (χ4v) is 1.71. The lowest BCUT2D eigenvalue weighted by Gasteiger charge is -2.03. The highest BCUT2D eigenvalue weighted by Crippen LogP contribution is 1.95. The van der Waals surface area contributed by atoms with Crippen LogP contribution < -0.4 is 0 Å². The summed E-state index contributed by atoms with van der Waals surface area (Å²) < 4.78 is 5.37. The van der Waals surface area contributed by atoms with Crippen LogP contribution in [0.5, 0.6) is 0 Å². The molecule has 0 rings (SSSR count). The van der Waals surface area contributed by atoms with Gasteiger partial charge in [-0.1, -0.05) is 13.8 Å². The van der Waals surface area contributed by atoms with Gasteiger partial charge in [0.15, 0.2) is 0 Å². The Kier molecular flexibility index (Phi) is 7.93. The number of rotatable bonds is 6. The van der Waals surface area contributed by atoms with Crippen molar-refractivity contribution in [3.63, 3.8) is 0 Å². The highest BCUT2D eigenvalue weighted by atomic mass is 35.5. The highest BCUT2D eigenvalue weighted by Gasteiger charge is 1.94. The third-order valence-electron chi connectivity index (χ3n) is 0.931. The second-order valence-corrected chi connectivity index (χ2v) is 4.10. The fraction of sp³-hybridized carbons (Fsp3) is 1.00. The maximum Gasteiger partial charge on any atom is 0.229 e. The summed E-state index contributed by atoms with van der Waals surface area (Å²) in [6.45, 7) is 5.21. The Morgan fingerprint density at radius 2 is 2.20 bits per heavy atom. The van der Waals surface area contributed by atoms with Crippen molar-refractivity contribution < 1.29 is 4.43 Å². The van der Waals surface area contributed by atoms with Crippen molar-refractivity contribution in [3.8, 4) is 0 Å². The van der Waals surface area contributed by atoms with Crippen LogP contribution in [0.1, 0.15) is 20.3 Å². The van der Waals surface area contributed by atoms with E-state index in [-0.39, 0.29) is 0 Å². The first-order valence-corrected chi connectivity index (χ1v) is 5.33. The van der Waals surface area contributed by atoms with Crippen LogP contribution in [0, 0.1) is 5.92 Å². The van der Waals surface area contributed by atoms with Crippen LogP contribution in [-0.2, 0) is 4.43 Å². The molecular weight excluding hydrogens is 164 g/mol. The SMILES string of the molecule is CC(C)CO[Si]CCCCl. The van der Waals surface area contributed by atoms with Crippen molar-refractivity contribution in [2.24, 2.45) is 5.92 Å². The molecule has 0 unspecified atom stereocenters. The minimum absolute atomic E-state index is 0.647. The van der Waals surface area contributed by atoms with Crippen molar-refractivity contribution in [1.29, 1.82) is 0 Å². The number of hydrogen-bond donors (Lipinski definition) is 0. The molecule has 0 heterocycles. The minimum atomic E-state index is 0.647. The molecular formula is C7H15ClOSi. The van der Waals surface area contributed by atoms with Crippen molar-refractivity contribution in [2.75, 3.05) is 12.5 Å². The topological polar surface area (TPSA) is 9.23 Å². The van der Waals surface area contributed by atoms with Gasteiger partial charge < -0.3 is 4.43 Å². The van der Waals surface area contributed by atoms with Crippen LogP contribution in [0.4, 0.5) is 0 Å². The predicted molar refractivity (Wildman–Crippen MR) is 46.7 cm³/mol. The van der Waals surface area contributed by atoms with Crippen LogP contribution in [0.3, 0.4) is 0 Å². The molecule has 3 heteroatoms. The zero-order valence-corrected chi connectivity index (χ0v) is 8.45. The van der Waals surface area contributed by atoms with E-state index < -0.39 is 0 Å². The summed E-state index contributed by atoms with van der Waals surface area (Å²) in [5, 5.41) is 0. The third-order valence-corrected chi connectivity index (χ3v) is 2.13. The lowest BCUT2D eigenvalue weighted by atomic mass is 10.2. The molecule has 1 nitrogen and oxygen atoms in total. The Bertz CT molecular complexity index is 68.6. The molecule has 0 aliphatic carbocycles. The van der Waals surface area contributed by atoms with Crippen molar-refractivity contribution in [3.05, 3.63) is 0 Å². The molecule has 0 aliphatic rings. The number of hydrogen-bond acceptors (Lipinski definition) is 1. The van der Waals surface area contributed by atoms with Gasteiger partial charge in [-0.3, -0.25) is 0 Å². The van der Waals surface area contributed by atoms with Crippen molar-refractivity contribution in [2.45, 2.75) is 26.3 Å². The number of halogens is 1. The van der Waals surface area contributed by atoms with Crippen LogP contribution >= 0.6 is 11.6 Å². The summed E-state index contributed by atoms with van der Waals surface area (Å²) in [6.07, 6.45) is 1.08. The molecule has 0 saturated carbocycles. The Morgan fingerprint density at radius 1 is 1.50 bits per heavy atom. The fourth-order valence-electron chi connectivity index (χ4n) is 0.437. The summed E-state index contributed by atoms with van der Waals surface area (Å²) in [5.74, 6) is 1.42. The standard InChI is InChI=1S/C7H15ClOSi/c1-7(2)6-9-10-5-3-4-8/h7H,3-6H2,1-2H3. The predicted octanol–water partition coefficient (Wildman–Crippen LogP) is 2.33. The van der Waals surface area contributed by atoms with E-state index >= 15 is 0 Å². The number of alkyl halides is 1. The zero-order valence-electron chi connectivity index (χ0n) is 6.69. The molecule has 0 aliphatic heterocycles. The Labute approximate surface area is 71.0 Å². The molecule has 0 aromatic heterocycles. The molecule has 60 valence electrons. The maximum absolute atomic E-state index is 5.49. The van der Waals surface area contributed by atoms with E-state index in [1.807, 2.05) is 0 Å². The second kappa shape index (κ2) is 7.57. The average Bonchev–Trinajstić information content (AvgIpc) is 1.87. The normalized spacial score (nSPS) is 10.8. The van der Waals surface area contributed by atoms with E-state index in [1.165, 1.54) is 0 Å². The first-order chi connectivity index (χ1) is 4.77. The molecule has 10 heavy (non-hydrogen) atoms. The average molecular weight is 179 g/mol. The summed E-state index contributed by atoms with van der Waals surface area (Å²) >= 11 is 5.49. The van der Waals surface area contributed by atoms with E-state index in [9.17, 15) is 0 Å². The first kappa shape index (κ1) is 10.5. The molecule has 0 atom stereocenters. The van der Waals surface area contributed by atoms with E-state index in [0.29, 0.717) is 15.7 Å². The molecule has 0 aromatic carbocycles. The minimum Gasteiger partial charge on any atom is -0.417 e. The molecule has 0 N–H and O–H groups in total. The summed E-state index contributed by atoms with van der Waals surface area (Å²) in [4.78, 5) is 0. The largest absolute Gasteiger partial charge is 0.417 e. The van der Waals surface area contributed by atoms with Gasteiger partial charge >= 0.3 is 0 Å². The Hall–Kier alpha value is 0.467. The summed E-state index contributed by atoms with van der Waals surface area (Å²) in [5.41, 5.74) is 0. The highest BCUT2D eigenvalue weighted by molar-refractivity contribution is 6.27. The monoisotopic (exact) mass is 178 g/mol. The lowest BCUT2D eigenvalue weighted by Crippen LogP contribution is -2.05. The Balaban J connectivity index is 2.77. The van der Waals surface area contributed by atoms with Crippen LogP contribution in [0.2, 0.25) is 6.04 Å². The van der Waals surface area contributed by atoms with E-state index in [2.05, 4.69) is 13.8 Å². The quantitative estimate of drug-likeness (QED) is 0.345. The van der Waals surface area contributed by atoms with Gasteiger partial charge in [0.05, 0.1) is 0 Å². The lowest BCUT2D eigenvalue weighted by molar-refractivity contribution is 0.284. The Morgan fingerprint density at radius 3 is 2.70 bits per heavy atom. The van der Waals surface area contributed by atoms with Gasteiger partial charge in [-0.15, -0.1) is 11.6 Å². The van der Waals surface area contributed by atoms with Gasteiger partial charge in [0.25, 0.3) is 0 Å². The van der Waals surface area contributed by atoms with Crippen LogP contribution in [0.25, 0.3) is 0 Å². The molecule has 0 fully saturated rings. The van der Waals surface area contributed by atoms with Crippen LogP contribution in [0.15, 0.2) is 0 Å². The molecule has 0 amide bonds. The summed E-state index contributed by atoms with van der Waals surface area (Å²) in [6, 6.07) is 1.12. The van der Waals surface area contributed by atoms with Gasteiger partial charge in [-0.2, -0.15) is 0 Å². The van der Waals surface area contributed by atoms with E-state index in [4.69, 9.17) is 16.0 Å². The molecule has 0 aromatic rings. The smallest absolute Gasteiger partial charge is 0.229 e. The van der Waals surface area contributed by atoms with Gasteiger partial charge in [-0.05, 0) is 18.4 Å². The third kappa shape index (κ3) is 8.47. The summed E-state index contributed by atoms with van der Waals surface area (Å²) in [7, 11) is 0.647. The van der Waals surface area contributed by atoms with Crippen LogP contribution in [-0.4, -0.2) is 22.3 Å². The van der Waals surface area contributed by atoms with Gasteiger partial charge in [0, 0.05) is 12.5 Å². The van der Waals surface area contributed by atoms with Gasteiger partial charge in [-0.25, -0.2) is 0 Å². The molecule has 0 spiro atoms. The molecule has 0 saturated heterocycles. The molecule has 2 radical (unpaired) electrons. The van der Waals surface area contributed by atoms with Crippen molar-refractivity contribution >= 4 is 21.4 Å². The van der Waals surface area contributed by atoms with E-state index in [1.54, 1.807) is 0 Å². The second-order valence-electron chi connectivity index (χ2n) is 2.64. The first-order valence-electron chi connectivity index (χ1n) is 3.68. The van der Waals surface area contributed by atoms with Gasteiger partial charge in [0.1, 0.15) is 0 Å².